The highest BCUT2D eigenvalue weighted by Crippen LogP contribution is 2.31. The fourth-order valence-electron chi connectivity index (χ4n) is 4.24. The number of hydrogen-bond donors (Lipinski definition) is 1. The van der Waals surface area contributed by atoms with Crippen molar-refractivity contribution >= 4 is 44.1 Å². The number of nitrogens with one attached hydrogen (secondary N) is 1. The SMILES string of the molecule is O=C(Nc1cc2ccncc2s1)C(CN1C(=O)c2ccccc2C1=O)c1ccc(CCO[N+](=O)[O-])cc1. The topological polar surface area (TPSA) is 132 Å². The van der Waals surface area contributed by atoms with E-state index in [1.165, 1.54) is 11.3 Å². The lowest BCUT2D eigenvalue weighted by molar-refractivity contribution is -0.757. The van der Waals surface area contributed by atoms with Crippen LogP contribution in [0.1, 0.15) is 37.8 Å². The van der Waals surface area contributed by atoms with Gasteiger partial charge in [0, 0.05) is 18.9 Å². The Morgan fingerprint density at radius 3 is 2.43 bits per heavy atom. The second-order valence-electron chi connectivity index (χ2n) is 8.38. The van der Waals surface area contributed by atoms with Crippen molar-refractivity contribution in [2.45, 2.75) is 12.3 Å². The Morgan fingerprint density at radius 2 is 1.78 bits per heavy atom. The van der Waals surface area contributed by atoms with Gasteiger partial charge in [-0.2, -0.15) is 0 Å². The van der Waals surface area contributed by atoms with Gasteiger partial charge >= 0.3 is 0 Å². The quantitative estimate of drug-likeness (QED) is 0.202. The standard InChI is InChI=1S/C26H20N4O6S/c31-24(28-23-13-18-9-11-27-14-22(18)37-23)21(17-7-5-16(6-8-17)10-12-36-30(34)35)15-29-25(32)19-3-1-2-4-20(19)26(29)33/h1-9,11,13-14,21H,10,12,15H2,(H,28,31). The molecule has 0 bridgehead atoms. The summed E-state index contributed by atoms with van der Waals surface area (Å²) < 4.78 is 0.913. The molecule has 0 radical (unpaired) electrons. The second-order valence-corrected chi connectivity index (χ2v) is 9.46. The van der Waals surface area contributed by atoms with E-state index in [0.29, 0.717) is 28.1 Å². The monoisotopic (exact) mass is 516 g/mol. The molecule has 3 heterocycles. The molecule has 0 saturated heterocycles. The van der Waals surface area contributed by atoms with Gasteiger partial charge in [-0.3, -0.25) is 24.3 Å². The first-order chi connectivity index (χ1) is 17.9. The summed E-state index contributed by atoms with van der Waals surface area (Å²) in [6, 6.07) is 17.2. The molecule has 2 aromatic carbocycles. The summed E-state index contributed by atoms with van der Waals surface area (Å²) in [6.45, 7) is -0.236. The molecule has 0 aliphatic carbocycles. The van der Waals surface area contributed by atoms with Crippen molar-refractivity contribution in [2.75, 3.05) is 18.5 Å². The van der Waals surface area contributed by atoms with Gasteiger partial charge in [-0.05, 0) is 47.2 Å². The van der Waals surface area contributed by atoms with Gasteiger partial charge in [0.25, 0.3) is 16.9 Å². The molecular formula is C26H20N4O6S. The van der Waals surface area contributed by atoms with E-state index in [2.05, 4.69) is 15.1 Å². The molecule has 10 nitrogen and oxygen atoms in total. The fourth-order valence-corrected chi connectivity index (χ4v) is 5.17. The number of carbonyl (C=O) groups is 3. The molecule has 2 aromatic heterocycles. The minimum atomic E-state index is -0.852. The predicted molar refractivity (Wildman–Crippen MR) is 136 cm³/mol. The molecule has 3 amide bonds. The molecule has 1 N–H and O–H groups in total. The van der Waals surface area contributed by atoms with Crippen LogP contribution in [0.3, 0.4) is 0 Å². The zero-order valence-corrected chi connectivity index (χ0v) is 20.1. The minimum absolute atomic E-state index is 0.0912. The molecule has 5 rings (SSSR count). The van der Waals surface area contributed by atoms with E-state index >= 15 is 0 Å². The van der Waals surface area contributed by atoms with Gasteiger partial charge < -0.3 is 10.2 Å². The average Bonchev–Trinajstić information content (AvgIpc) is 3.41. The van der Waals surface area contributed by atoms with Crippen LogP contribution in [0.5, 0.6) is 0 Å². The van der Waals surface area contributed by atoms with Crippen molar-refractivity contribution in [3.05, 3.63) is 105 Å². The van der Waals surface area contributed by atoms with Crippen LogP contribution in [0.2, 0.25) is 0 Å². The lowest BCUT2D eigenvalue weighted by Crippen LogP contribution is -2.38. The Balaban J connectivity index is 1.41. The molecule has 0 saturated carbocycles. The van der Waals surface area contributed by atoms with E-state index in [0.717, 1.165) is 20.5 Å². The second kappa shape index (κ2) is 10.2. The lowest BCUT2D eigenvalue weighted by atomic mass is 9.95. The Labute approximate surface area is 214 Å². The van der Waals surface area contributed by atoms with Crippen LogP contribution in [0, 0.1) is 10.1 Å². The van der Waals surface area contributed by atoms with Crippen molar-refractivity contribution in [1.29, 1.82) is 0 Å². The summed E-state index contributed by atoms with van der Waals surface area (Å²) in [5.41, 5.74) is 1.99. The summed E-state index contributed by atoms with van der Waals surface area (Å²) in [5.74, 6) is -2.12. The molecule has 0 spiro atoms. The highest BCUT2D eigenvalue weighted by molar-refractivity contribution is 7.22. The highest BCUT2D eigenvalue weighted by Gasteiger charge is 2.38. The van der Waals surface area contributed by atoms with E-state index in [4.69, 9.17) is 0 Å². The number of imide groups is 1. The first-order valence-corrected chi connectivity index (χ1v) is 12.2. The number of carbonyl (C=O) groups excluding carboxylic acids is 3. The lowest BCUT2D eigenvalue weighted by Gasteiger charge is -2.22. The summed E-state index contributed by atoms with van der Waals surface area (Å²) in [4.78, 5) is 59.5. The minimum Gasteiger partial charge on any atom is -0.317 e. The zero-order chi connectivity index (χ0) is 25.9. The maximum atomic E-state index is 13.5. The smallest absolute Gasteiger partial charge is 0.294 e. The molecule has 4 aromatic rings. The van der Waals surface area contributed by atoms with Crippen molar-refractivity contribution in [3.63, 3.8) is 0 Å². The molecule has 1 aliphatic heterocycles. The molecule has 37 heavy (non-hydrogen) atoms. The van der Waals surface area contributed by atoms with Crippen LogP contribution in [0.25, 0.3) is 10.1 Å². The number of fused-ring (bicyclic) bond motifs is 2. The summed E-state index contributed by atoms with van der Waals surface area (Å²) in [5, 5.41) is 14.0. The van der Waals surface area contributed by atoms with Gasteiger partial charge in [0.2, 0.25) is 5.91 Å². The van der Waals surface area contributed by atoms with Gasteiger partial charge in [0.1, 0.15) is 6.61 Å². The molecule has 1 unspecified atom stereocenters. The molecular weight excluding hydrogens is 496 g/mol. The summed E-state index contributed by atoms with van der Waals surface area (Å²) >= 11 is 1.37. The average molecular weight is 517 g/mol. The van der Waals surface area contributed by atoms with Gasteiger partial charge in [-0.1, -0.05) is 36.4 Å². The Kier molecular flexibility index (Phi) is 6.60. The number of pyridine rings is 1. The van der Waals surface area contributed by atoms with Crippen molar-refractivity contribution in [2.24, 2.45) is 0 Å². The maximum Gasteiger partial charge on any atom is 0.294 e. The number of nitrogens with zero attached hydrogens (tertiary/aromatic N) is 3. The first-order valence-electron chi connectivity index (χ1n) is 11.4. The number of benzene rings is 2. The third-order valence-corrected chi connectivity index (χ3v) is 7.10. The molecule has 1 aliphatic rings. The van der Waals surface area contributed by atoms with Gasteiger partial charge in [0.05, 0.1) is 26.7 Å². The fraction of sp³-hybridized carbons (Fsp3) is 0.154. The zero-order valence-electron chi connectivity index (χ0n) is 19.3. The predicted octanol–water partition coefficient (Wildman–Crippen LogP) is 4.07. The normalized spacial score (nSPS) is 13.5. The van der Waals surface area contributed by atoms with Crippen LogP contribution in [0.15, 0.2) is 73.1 Å². The van der Waals surface area contributed by atoms with Crippen molar-refractivity contribution in [1.82, 2.24) is 9.88 Å². The number of thiophene rings is 1. The molecule has 1 atom stereocenters. The highest BCUT2D eigenvalue weighted by atomic mass is 32.1. The van der Waals surface area contributed by atoms with Crippen LogP contribution >= 0.6 is 11.3 Å². The van der Waals surface area contributed by atoms with Crippen LogP contribution < -0.4 is 5.32 Å². The van der Waals surface area contributed by atoms with Crippen LogP contribution in [-0.2, 0) is 16.1 Å². The van der Waals surface area contributed by atoms with Crippen molar-refractivity contribution in [3.8, 4) is 0 Å². The Hall–Kier alpha value is -4.64. The van der Waals surface area contributed by atoms with E-state index < -0.39 is 22.8 Å². The number of rotatable bonds is 9. The number of anilines is 1. The molecule has 11 heteroatoms. The van der Waals surface area contributed by atoms with E-state index in [9.17, 15) is 24.5 Å². The van der Waals surface area contributed by atoms with Crippen LogP contribution in [-0.4, -0.2) is 45.8 Å². The molecule has 186 valence electrons. The van der Waals surface area contributed by atoms with E-state index in [-0.39, 0.29) is 19.1 Å². The van der Waals surface area contributed by atoms with Gasteiger partial charge in [0.15, 0.2) is 0 Å². The Bertz CT molecular complexity index is 1450. The number of aromatic nitrogens is 1. The maximum absolute atomic E-state index is 13.5. The Morgan fingerprint density at radius 1 is 1.08 bits per heavy atom. The van der Waals surface area contributed by atoms with Gasteiger partial charge in [-0.15, -0.1) is 21.5 Å². The van der Waals surface area contributed by atoms with Crippen LogP contribution in [0.4, 0.5) is 5.00 Å². The summed E-state index contributed by atoms with van der Waals surface area (Å²) in [7, 11) is 0. The molecule has 0 fully saturated rings. The van der Waals surface area contributed by atoms with Crippen molar-refractivity contribution < 1.29 is 24.3 Å². The van der Waals surface area contributed by atoms with Gasteiger partial charge in [-0.25, -0.2) is 0 Å². The summed E-state index contributed by atoms with van der Waals surface area (Å²) in [6.07, 6.45) is 3.70. The number of hydrogen-bond acceptors (Lipinski definition) is 8. The largest absolute Gasteiger partial charge is 0.317 e. The number of amides is 3. The van der Waals surface area contributed by atoms with E-state index in [1.54, 1.807) is 60.9 Å². The third kappa shape index (κ3) is 5.02. The third-order valence-electron chi connectivity index (χ3n) is 6.10. The van der Waals surface area contributed by atoms with E-state index in [1.807, 2.05) is 12.1 Å². The first kappa shape index (κ1) is 24.1.